The van der Waals surface area contributed by atoms with Crippen LogP contribution >= 0.6 is 15.9 Å². The largest absolute Gasteiger partial charge is 0.495 e. The van der Waals surface area contributed by atoms with Crippen molar-refractivity contribution in [1.82, 2.24) is 9.29 Å². The highest BCUT2D eigenvalue weighted by Crippen LogP contribution is 2.30. The van der Waals surface area contributed by atoms with Crippen LogP contribution in [0.5, 0.6) is 5.75 Å². The zero-order valence-corrected chi connectivity index (χ0v) is 16.9. The normalized spacial score (nSPS) is 15.3. The number of morpholine rings is 1. The average Bonchev–Trinajstić information content (AvgIpc) is 2.68. The van der Waals surface area contributed by atoms with E-state index in [0.717, 1.165) is 0 Å². The second-order valence-electron chi connectivity index (χ2n) is 5.73. The Kier molecular flexibility index (Phi) is 6.10. The maximum atomic E-state index is 13.0. The van der Waals surface area contributed by atoms with Gasteiger partial charge in [0.1, 0.15) is 10.6 Å². The summed E-state index contributed by atoms with van der Waals surface area (Å²) in [6.45, 7) is 1.22. The molecule has 1 amide bonds. The molecule has 0 unspecified atom stereocenters. The minimum atomic E-state index is -3.78. The number of pyridine rings is 1. The van der Waals surface area contributed by atoms with Crippen LogP contribution < -0.4 is 10.1 Å². The summed E-state index contributed by atoms with van der Waals surface area (Å²) in [5.74, 6) is -0.188. The molecule has 1 aliphatic heterocycles. The van der Waals surface area contributed by atoms with Crippen molar-refractivity contribution < 1.29 is 22.7 Å². The highest BCUT2D eigenvalue weighted by Gasteiger charge is 2.29. The van der Waals surface area contributed by atoms with Crippen LogP contribution in [0.15, 0.2) is 46.0 Å². The molecule has 1 aromatic carbocycles. The Bertz CT molecular complexity index is 945. The van der Waals surface area contributed by atoms with Crippen molar-refractivity contribution in [3.8, 4) is 5.75 Å². The van der Waals surface area contributed by atoms with Gasteiger partial charge in [-0.3, -0.25) is 9.78 Å². The van der Waals surface area contributed by atoms with Crippen LogP contribution in [-0.2, 0) is 14.8 Å². The number of aromatic nitrogens is 1. The number of hydrogen-bond donors (Lipinski definition) is 1. The maximum absolute atomic E-state index is 13.0. The van der Waals surface area contributed by atoms with Gasteiger partial charge in [-0.15, -0.1) is 0 Å². The van der Waals surface area contributed by atoms with Crippen LogP contribution in [0.25, 0.3) is 0 Å². The van der Waals surface area contributed by atoms with Gasteiger partial charge in [0.15, 0.2) is 0 Å². The Balaban J connectivity index is 1.90. The summed E-state index contributed by atoms with van der Waals surface area (Å²) in [5, 5.41) is 2.69. The predicted molar refractivity (Wildman–Crippen MR) is 102 cm³/mol. The van der Waals surface area contributed by atoms with E-state index >= 15 is 0 Å². The lowest BCUT2D eigenvalue weighted by atomic mass is 10.2. The summed E-state index contributed by atoms with van der Waals surface area (Å²) < 4.78 is 38.4. The molecule has 8 nitrogen and oxygen atoms in total. The summed E-state index contributed by atoms with van der Waals surface area (Å²) in [7, 11) is -2.38. The van der Waals surface area contributed by atoms with Gasteiger partial charge in [0, 0.05) is 35.6 Å². The number of ether oxygens (including phenoxy) is 2. The summed E-state index contributed by atoms with van der Waals surface area (Å²) in [4.78, 5) is 16.4. The Morgan fingerprint density at radius 1 is 1.26 bits per heavy atom. The minimum Gasteiger partial charge on any atom is -0.495 e. The van der Waals surface area contributed by atoms with Crippen LogP contribution in [-0.4, -0.2) is 57.0 Å². The molecular formula is C17H18BrN3O5S. The SMILES string of the molecule is COc1ccc(NC(=O)c2cncc(Br)c2)cc1S(=O)(=O)N1CCOCC1. The zero-order valence-electron chi connectivity index (χ0n) is 14.5. The number of nitrogens with one attached hydrogen (secondary N) is 1. The summed E-state index contributed by atoms with van der Waals surface area (Å²) in [6.07, 6.45) is 2.99. The fourth-order valence-corrected chi connectivity index (χ4v) is 4.58. The first-order valence-electron chi connectivity index (χ1n) is 8.09. The van der Waals surface area contributed by atoms with Gasteiger partial charge < -0.3 is 14.8 Å². The van der Waals surface area contributed by atoms with Gasteiger partial charge in [-0.25, -0.2) is 8.42 Å². The molecule has 3 rings (SSSR count). The molecule has 1 aliphatic rings. The third-order valence-corrected chi connectivity index (χ3v) is 6.33. The van der Waals surface area contributed by atoms with Crippen LogP contribution in [0.3, 0.4) is 0 Å². The molecule has 1 fully saturated rings. The molecule has 0 atom stereocenters. The molecule has 0 bridgehead atoms. The Labute approximate surface area is 165 Å². The van der Waals surface area contributed by atoms with E-state index in [-0.39, 0.29) is 23.7 Å². The molecule has 10 heteroatoms. The molecule has 1 saturated heterocycles. The molecule has 1 N–H and O–H groups in total. The van der Waals surface area contributed by atoms with E-state index in [4.69, 9.17) is 9.47 Å². The number of anilines is 1. The van der Waals surface area contributed by atoms with Crippen molar-refractivity contribution in [3.63, 3.8) is 0 Å². The van der Waals surface area contributed by atoms with Crippen LogP contribution in [0.1, 0.15) is 10.4 Å². The van der Waals surface area contributed by atoms with E-state index in [1.54, 1.807) is 18.3 Å². The van der Waals surface area contributed by atoms with E-state index in [2.05, 4.69) is 26.2 Å². The van der Waals surface area contributed by atoms with Crippen molar-refractivity contribution in [2.75, 3.05) is 38.7 Å². The molecule has 0 spiro atoms. The lowest BCUT2D eigenvalue weighted by Crippen LogP contribution is -2.40. The van der Waals surface area contributed by atoms with E-state index in [1.807, 2.05) is 0 Å². The number of methoxy groups -OCH3 is 1. The Morgan fingerprint density at radius 3 is 2.67 bits per heavy atom. The first kappa shape index (κ1) is 19.7. The van der Waals surface area contributed by atoms with Crippen LogP contribution in [0, 0.1) is 0 Å². The molecule has 1 aromatic heterocycles. The Morgan fingerprint density at radius 2 is 2.00 bits per heavy atom. The van der Waals surface area contributed by atoms with Gasteiger partial charge in [0.25, 0.3) is 5.91 Å². The van der Waals surface area contributed by atoms with Crippen molar-refractivity contribution in [3.05, 3.63) is 46.7 Å². The molecule has 0 aliphatic carbocycles. The fourth-order valence-electron chi connectivity index (χ4n) is 2.62. The monoisotopic (exact) mass is 455 g/mol. The summed E-state index contributed by atoms with van der Waals surface area (Å²) >= 11 is 3.26. The zero-order chi connectivity index (χ0) is 19.4. The standard InChI is InChI=1S/C17H18BrN3O5S/c1-25-15-3-2-14(20-17(22)12-8-13(18)11-19-10-12)9-16(15)27(23,24)21-4-6-26-7-5-21/h2-3,8-11H,4-7H2,1H3,(H,20,22). The van der Waals surface area contributed by atoms with E-state index in [9.17, 15) is 13.2 Å². The minimum absolute atomic E-state index is 0.00272. The smallest absolute Gasteiger partial charge is 0.257 e. The number of benzene rings is 1. The fraction of sp³-hybridized carbons (Fsp3) is 0.294. The molecule has 0 radical (unpaired) electrons. The van der Waals surface area contributed by atoms with Crippen LogP contribution in [0.4, 0.5) is 5.69 Å². The second-order valence-corrected chi connectivity index (χ2v) is 8.55. The number of rotatable bonds is 5. The number of halogens is 1. The molecule has 27 heavy (non-hydrogen) atoms. The first-order chi connectivity index (χ1) is 12.9. The number of hydrogen-bond acceptors (Lipinski definition) is 6. The van der Waals surface area contributed by atoms with Gasteiger partial charge in [-0.2, -0.15) is 4.31 Å². The predicted octanol–water partition coefficient (Wildman–Crippen LogP) is 2.13. The number of carbonyl (C=O) groups is 1. The van der Waals surface area contributed by atoms with Gasteiger partial charge in [-0.05, 0) is 40.2 Å². The third kappa shape index (κ3) is 4.46. The van der Waals surface area contributed by atoms with E-state index in [0.29, 0.717) is 28.9 Å². The number of amides is 1. The number of carbonyl (C=O) groups excluding carboxylic acids is 1. The van der Waals surface area contributed by atoms with E-state index < -0.39 is 15.9 Å². The Hall–Kier alpha value is -2.01. The number of sulfonamides is 1. The van der Waals surface area contributed by atoms with Crippen molar-refractivity contribution in [2.24, 2.45) is 0 Å². The highest BCUT2D eigenvalue weighted by atomic mass is 79.9. The third-order valence-electron chi connectivity index (χ3n) is 3.98. The van der Waals surface area contributed by atoms with Crippen LogP contribution in [0.2, 0.25) is 0 Å². The lowest BCUT2D eigenvalue weighted by Gasteiger charge is -2.26. The quantitative estimate of drug-likeness (QED) is 0.741. The van der Waals surface area contributed by atoms with Gasteiger partial charge >= 0.3 is 0 Å². The van der Waals surface area contributed by atoms with Gasteiger partial charge in [0.2, 0.25) is 10.0 Å². The summed E-state index contributed by atoms with van der Waals surface area (Å²) in [6, 6.07) is 6.12. The molecule has 2 heterocycles. The molecule has 0 saturated carbocycles. The average molecular weight is 456 g/mol. The van der Waals surface area contributed by atoms with Crippen molar-refractivity contribution in [1.29, 1.82) is 0 Å². The molecule has 144 valence electrons. The maximum Gasteiger partial charge on any atom is 0.257 e. The van der Waals surface area contributed by atoms with Gasteiger partial charge in [0.05, 0.1) is 25.9 Å². The van der Waals surface area contributed by atoms with Crippen molar-refractivity contribution in [2.45, 2.75) is 4.90 Å². The van der Waals surface area contributed by atoms with E-state index in [1.165, 1.54) is 29.7 Å². The summed E-state index contributed by atoms with van der Waals surface area (Å²) in [5.41, 5.74) is 0.686. The topological polar surface area (TPSA) is 97.8 Å². The second kappa shape index (κ2) is 8.34. The lowest BCUT2D eigenvalue weighted by molar-refractivity contribution is 0.0729. The molecular weight excluding hydrogens is 438 g/mol. The van der Waals surface area contributed by atoms with Crippen molar-refractivity contribution >= 4 is 37.5 Å². The van der Waals surface area contributed by atoms with Gasteiger partial charge in [-0.1, -0.05) is 0 Å². The molecule has 2 aromatic rings. The number of nitrogens with zero attached hydrogens (tertiary/aromatic N) is 2. The highest BCUT2D eigenvalue weighted by molar-refractivity contribution is 9.10. The first-order valence-corrected chi connectivity index (χ1v) is 10.3.